The molecule has 3 fully saturated rings. The molecule has 4 heterocycles. The first-order chi connectivity index (χ1) is 16.5. The molecule has 4 aliphatic rings. The molecule has 3 saturated heterocycles. The van der Waals surface area contributed by atoms with Crippen LogP contribution in [0, 0.1) is 25.7 Å². The van der Waals surface area contributed by atoms with Crippen molar-refractivity contribution in [2.75, 3.05) is 16.8 Å². The second-order valence-corrected chi connectivity index (χ2v) is 10.1. The van der Waals surface area contributed by atoms with Gasteiger partial charge in [0.15, 0.2) is 0 Å². The maximum absolute atomic E-state index is 14.0. The van der Waals surface area contributed by atoms with Crippen LogP contribution in [-0.4, -0.2) is 35.2 Å². The van der Waals surface area contributed by atoms with E-state index in [-0.39, 0.29) is 22.7 Å². The van der Waals surface area contributed by atoms with Crippen LogP contribution in [0.2, 0.25) is 5.02 Å². The Morgan fingerprint density at radius 3 is 2.54 bits per heavy atom. The number of imide groups is 1. The van der Waals surface area contributed by atoms with Crippen molar-refractivity contribution in [3.05, 3.63) is 57.6 Å². The minimum atomic E-state index is -4.68. The van der Waals surface area contributed by atoms with Gasteiger partial charge >= 0.3 is 6.18 Å². The Labute approximate surface area is 204 Å². The summed E-state index contributed by atoms with van der Waals surface area (Å²) in [6.45, 7) is 4.35. The molecule has 3 amide bonds. The maximum atomic E-state index is 14.0. The van der Waals surface area contributed by atoms with Gasteiger partial charge in [-0.1, -0.05) is 23.7 Å². The van der Waals surface area contributed by atoms with E-state index in [0.29, 0.717) is 24.2 Å². The van der Waals surface area contributed by atoms with Crippen LogP contribution >= 0.6 is 11.6 Å². The number of fused-ring (bicyclic) bond motifs is 7. The first kappa shape index (κ1) is 22.5. The third kappa shape index (κ3) is 2.68. The molecule has 0 saturated carbocycles. The molecule has 35 heavy (non-hydrogen) atoms. The average Bonchev–Trinajstić information content (AvgIpc) is 3.50. The molecular formula is C25H21ClF3N3O3. The van der Waals surface area contributed by atoms with E-state index in [2.05, 4.69) is 5.32 Å². The summed E-state index contributed by atoms with van der Waals surface area (Å²) in [6.07, 6.45) is -3.32. The van der Waals surface area contributed by atoms with Gasteiger partial charge in [-0.25, -0.2) is 4.90 Å². The quantitative estimate of drug-likeness (QED) is 0.585. The van der Waals surface area contributed by atoms with Crippen LogP contribution in [0.3, 0.4) is 0 Å². The van der Waals surface area contributed by atoms with Gasteiger partial charge in [-0.3, -0.25) is 19.3 Å². The fourth-order valence-corrected chi connectivity index (χ4v) is 6.82. The number of hydrogen-bond donors (Lipinski definition) is 1. The van der Waals surface area contributed by atoms with Crippen LogP contribution in [0.15, 0.2) is 30.3 Å². The van der Waals surface area contributed by atoms with Crippen LogP contribution in [0.4, 0.5) is 24.5 Å². The van der Waals surface area contributed by atoms with Gasteiger partial charge in [0.05, 0.1) is 28.1 Å². The molecule has 0 aromatic heterocycles. The number of carbonyl (C=O) groups is 3. The summed E-state index contributed by atoms with van der Waals surface area (Å²) in [4.78, 5) is 44.2. The third-order valence-corrected chi connectivity index (χ3v) is 8.53. The van der Waals surface area contributed by atoms with Crippen LogP contribution in [-0.2, 0) is 26.1 Å². The smallest absolute Gasteiger partial charge is 0.324 e. The molecule has 0 bridgehead atoms. The zero-order chi connectivity index (χ0) is 25.0. The number of amides is 3. The van der Waals surface area contributed by atoms with Crippen molar-refractivity contribution >= 4 is 40.7 Å². The second kappa shape index (κ2) is 7.07. The fraction of sp³-hybridized carbons (Fsp3) is 0.400. The summed E-state index contributed by atoms with van der Waals surface area (Å²) in [7, 11) is 0. The Hall–Kier alpha value is -2.91. The van der Waals surface area contributed by atoms with Crippen molar-refractivity contribution in [1.82, 2.24) is 4.90 Å². The first-order valence-corrected chi connectivity index (χ1v) is 11.8. The van der Waals surface area contributed by atoms with Crippen molar-refractivity contribution in [3.63, 3.8) is 0 Å². The molecular weight excluding hydrogens is 483 g/mol. The molecule has 10 heteroatoms. The number of rotatable bonds is 1. The molecule has 182 valence electrons. The summed E-state index contributed by atoms with van der Waals surface area (Å²) < 4.78 is 40.3. The number of anilines is 2. The molecule has 2 aromatic rings. The number of nitrogens with one attached hydrogen (secondary N) is 1. The number of aryl methyl sites for hydroxylation is 1. The molecule has 6 rings (SSSR count). The predicted molar refractivity (Wildman–Crippen MR) is 122 cm³/mol. The zero-order valence-electron chi connectivity index (χ0n) is 18.9. The first-order valence-electron chi connectivity index (χ1n) is 11.4. The SMILES string of the molecule is Cc1ccc2c(c1C)NC(=O)[C@@]21[C@@H]2C(=O)N(c3cc(C(F)(F)F)ccc3Cl)C(=O)[C@H]2[C@H]2CCCN21. The molecule has 1 spiro atoms. The summed E-state index contributed by atoms with van der Waals surface area (Å²) in [5.74, 6) is -3.60. The van der Waals surface area contributed by atoms with E-state index < -0.39 is 40.9 Å². The number of hydrogen-bond acceptors (Lipinski definition) is 4. The van der Waals surface area contributed by atoms with Crippen LogP contribution in [0.25, 0.3) is 0 Å². The number of halogens is 4. The molecule has 0 unspecified atom stereocenters. The molecule has 0 radical (unpaired) electrons. The number of benzene rings is 2. The number of alkyl halides is 3. The van der Waals surface area contributed by atoms with Crippen molar-refractivity contribution in [2.45, 2.75) is 44.4 Å². The Balaban J connectivity index is 1.55. The lowest BCUT2D eigenvalue weighted by Crippen LogP contribution is -2.54. The summed E-state index contributed by atoms with van der Waals surface area (Å²) >= 11 is 6.22. The summed E-state index contributed by atoms with van der Waals surface area (Å²) in [5.41, 5.74) is 0.419. The van der Waals surface area contributed by atoms with Gasteiger partial charge in [-0.05, 0) is 62.6 Å². The maximum Gasteiger partial charge on any atom is 0.416 e. The lowest BCUT2D eigenvalue weighted by atomic mass is 9.75. The van der Waals surface area contributed by atoms with Crippen LogP contribution in [0.5, 0.6) is 0 Å². The monoisotopic (exact) mass is 503 g/mol. The molecule has 0 aliphatic carbocycles. The predicted octanol–water partition coefficient (Wildman–Crippen LogP) is 4.41. The minimum absolute atomic E-state index is 0.139. The van der Waals surface area contributed by atoms with Crippen molar-refractivity contribution in [3.8, 4) is 0 Å². The molecule has 4 aliphatic heterocycles. The normalized spacial score (nSPS) is 29.7. The third-order valence-electron chi connectivity index (χ3n) is 8.21. The highest BCUT2D eigenvalue weighted by Crippen LogP contribution is 2.61. The lowest BCUT2D eigenvalue weighted by molar-refractivity contribution is -0.137. The molecule has 6 nitrogen and oxygen atoms in total. The highest BCUT2D eigenvalue weighted by atomic mass is 35.5. The van der Waals surface area contributed by atoms with E-state index in [4.69, 9.17) is 11.6 Å². The number of carbonyl (C=O) groups excluding carboxylic acids is 3. The summed E-state index contributed by atoms with van der Waals surface area (Å²) in [5, 5.41) is 2.82. The standard InChI is InChI=1S/C25H21ClF3N3O3/c1-11-5-7-14-20(12(11)2)30-23(35)24(14)19-18(16-4-3-9-31(16)24)21(33)32(22(19)34)17-10-13(25(27,28)29)6-8-15(17)26/h5-8,10,16,18-19H,3-4,9H2,1-2H3,(H,30,35)/t16-,18+,19+,24+/m1/s1. The van der Waals surface area contributed by atoms with Crippen LogP contribution in [0.1, 0.15) is 35.1 Å². The molecule has 4 atom stereocenters. The lowest BCUT2D eigenvalue weighted by Gasteiger charge is -2.36. The van der Waals surface area contributed by atoms with E-state index in [9.17, 15) is 27.6 Å². The van der Waals surface area contributed by atoms with Gasteiger partial charge in [-0.2, -0.15) is 13.2 Å². The molecule has 1 N–H and O–H groups in total. The highest BCUT2D eigenvalue weighted by molar-refractivity contribution is 6.36. The van der Waals surface area contributed by atoms with E-state index in [1.165, 1.54) is 0 Å². The van der Waals surface area contributed by atoms with E-state index in [1.807, 2.05) is 30.9 Å². The van der Waals surface area contributed by atoms with Gasteiger partial charge in [0.2, 0.25) is 17.7 Å². The Morgan fingerprint density at radius 2 is 1.83 bits per heavy atom. The average molecular weight is 504 g/mol. The second-order valence-electron chi connectivity index (χ2n) is 9.73. The van der Waals surface area contributed by atoms with E-state index in [0.717, 1.165) is 40.6 Å². The van der Waals surface area contributed by atoms with Crippen molar-refractivity contribution < 1.29 is 27.6 Å². The van der Waals surface area contributed by atoms with Gasteiger partial charge in [0.1, 0.15) is 5.54 Å². The molecule has 2 aromatic carbocycles. The van der Waals surface area contributed by atoms with Gasteiger partial charge in [0, 0.05) is 17.3 Å². The Bertz CT molecular complexity index is 1340. The Morgan fingerprint density at radius 1 is 1.09 bits per heavy atom. The van der Waals surface area contributed by atoms with Gasteiger partial charge in [0.25, 0.3) is 0 Å². The van der Waals surface area contributed by atoms with E-state index in [1.54, 1.807) is 0 Å². The minimum Gasteiger partial charge on any atom is -0.324 e. The van der Waals surface area contributed by atoms with Crippen molar-refractivity contribution in [1.29, 1.82) is 0 Å². The number of nitrogens with zero attached hydrogens (tertiary/aromatic N) is 2. The Kier molecular flexibility index (Phi) is 4.56. The van der Waals surface area contributed by atoms with Crippen molar-refractivity contribution in [2.24, 2.45) is 11.8 Å². The largest absolute Gasteiger partial charge is 0.416 e. The zero-order valence-corrected chi connectivity index (χ0v) is 19.6. The summed E-state index contributed by atoms with van der Waals surface area (Å²) in [6, 6.07) is 5.92. The highest BCUT2D eigenvalue weighted by Gasteiger charge is 2.74. The topological polar surface area (TPSA) is 69.7 Å². The fourth-order valence-electron chi connectivity index (χ4n) is 6.62. The van der Waals surface area contributed by atoms with Crippen LogP contribution < -0.4 is 10.2 Å². The van der Waals surface area contributed by atoms with Gasteiger partial charge < -0.3 is 5.32 Å². The van der Waals surface area contributed by atoms with E-state index >= 15 is 0 Å². The van der Waals surface area contributed by atoms with Gasteiger partial charge in [-0.15, -0.1) is 0 Å².